The van der Waals surface area contributed by atoms with Gasteiger partial charge in [-0.2, -0.15) is 0 Å². The topological polar surface area (TPSA) is 58.6 Å². The fourth-order valence-corrected chi connectivity index (χ4v) is 1.43. The van der Waals surface area contributed by atoms with Crippen LogP contribution in [-0.4, -0.2) is 24.9 Å². The van der Waals surface area contributed by atoms with Crippen LogP contribution in [-0.2, 0) is 4.74 Å². The summed E-state index contributed by atoms with van der Waals surface area (Å²) in [7, 11) is 1.33. The van der Waals surface area contributed by atoms with Crippen molar-refractivity contribution in [3.8, 4) is 11.8 Å². The monoisotopic (exact) mass is 247 g/mol. The van der Waals surface area contributed by atoms with Crippen molar-refractivity contribution in [3.63, 3.8) is 0 Å². The van der Waals surface area contributed by atoms with Crippen molar-refractivity contribution in [2.45, 2.75) is 19.4 Å². The molecule has 4 heteroatoms. The molecule has 0 aliphatic carbocycles. The minimum Gasteiger partial charge on any atom is -0.453 e. The lowest BCUT2D eigenvalue weighted by atomic mass is 10.1. The lowest BCUT2D eigenvalue weighted by Crippen LogP contribution is -2.26. The molecule has 0 spiro atoms. The molecule has 0 saturated carbocycles. The number of ether oxygens (including phenoxy) is 1. The van der Waals surface area contributed by atoms with E-state index in [1.165, 1.54) is 7.11 Å². The van der Waals surface area contributed by atoms with Crippen LogP contribution < -0.4 is 5.32 Å². The predicted octanol–water partition coefficient (Wildman–Crippen LogP) is 1.84. The molecule has 96 valence electrons. The molecule has 1 rings (SSSR count). The third kappa shape index (κ3) is 4.48. The van der Waals surface area contributed by atoms with Gasteiger partial charge in [0.1, 0.15) is 0 Å². The molecule has 0 aliphatic rings. The SMILES string of the molecule is COC(=O)NC(C)c1cccc(C#CCCO)c1. The molecule has 0 heterocycles. The van der Waals surface area contributed by atoms with Gasteiger partial charge in [0, 0.05) is 12.0 Å². The van der Waals surface area contributed by atoms with Gasteiger partial charge in [0.05, 0.1) is 19.8 Å². The van der Waals surface area contributed by atoms with E-state index >= 15 is 0 Å². The summed E-state index contributed by atoms with van der Waals surface area (Å²) >= 11 is 0. The van der Waals surface area contributed by atoms with Crippen molar-refractivity contribution in [1.82, 2.24) is 5.32 Å². The van der Waals surface area contributed by atoms with E-state index in [1.54, 1.807) is 0 Å². The van der Waals surface area contributed by atoms with Gasteiger partial charge in [-0.3, -0.25) is 0 Å². The fraction of sp³-hybridized carbons (Fsp3) is 0.357. The van der Waals surface area contributed by atoms with Gasteiger partial charge in [0.15, 0.2) is 0 Å². The molecular formula is C14H17NO3. The minimum atomic E-state index is -0.459. The number of hydrogen-bond donors (Lipinski definition) is 2. The highest BCUT2D eigenvalue weighted by Crippen LogP contribution is 2.13. The van der Waals surface area contributed by atoms with Crippen LogP contribution in [0.3, 0.4) is 0 Å². The second-order valence-electron chi connectivity index (χ2n) is 3.76. The maximum Gasteiger partial charge on any atom is 0.407 e. The van der Waals surface area contributed by atoms with E-state index in [0.29, 0.717) is 6.42 Å². The number of aliphatic hydroxyl groups is 1. The zero-order chi connectivity index (χ0) is 13.4. The van der Waals surface area contributed by atoms with Crippen LogP contribution >= 0.6 is 0 Å². The smallest absolute Gasteiger partial charge is 0.407 e. The van der Waals surface area contributed by atoms with Crippen molar-refractivity contribution in [2.24, 2.45) is 0 Å². The molecule has 1 atom stereocenters. The van der Waals surface area contributed by atoms with Crippen molar-refractivity contribution >= 4 is 6.09 Å². The number of nitrogens with one attached hydrogen (secondary N) is 1. The summed E-state index contributed by atoms with van der Waals surface area (Å²) < 4.78 is 4.55. The second kappa shape index (κ2) is 7.36. The molecular weight excluding hydrogens is 230 g/mol. The van der Waals surface area contributed by atoms with Crippen molar-refractivity contribution < 1.29 is 14.6 Å². The van der Waals surface area contributed by atoms with Crippen molar-refractivity contribution in [3.05, 3.63) is 35.4 Å². The van der Waals surface area contributed by atoms with E-state index in [4.69, 9.17) is 5.11 Å². The molecule has 0 bridgehead atoms. The molecule has 1 amide bonds. The van der Waals surface area contributed by atoms with Crippen LogP contribution in [0.15, 0.2) is 24.3 Å². The van der Waals surface area contributed by atoms with Crippen molar-refractivity contribution in [1.29, 1.82) is 0 Å². The molecule has 2 N–H and O–H groups in total. The molecule has 18 heavy (non-hydrogen) atoms. The van der Waals surface area contributed by atoms with Crippen molar-refractivity contribution in [2.75, 3.05) is 13.7 Å². The Labute approximate surface area is 107 Å². The van der Waals surface area contributed by atoms with Gasteiger partial charge in [-0.15, -0.1) is 0 Å². The average Bonchev–Trinajstić information content (AvgIpc) is 2.39. The number of alkyl carbamates (subject to hydrolysis) is 1. The van der Waals surface area contributed by atoms with Gasteiger partial charge in [-0.05, 0) is 24.6 Å². The molecule has 0 radical (unpaired) electrons. The summed E-state index contributed by atoms with van der Waals surface area (Å²) in [5.74, 6) is 5.81. The molecule has 1 unspecified atom stereocenters. The first-order valence-electron chi connectivity index (χ1n) is 5.71. The zero-order valence-electron chi connectivity index (χ0n) is 10.6. The molecule has 0 fully saturated rings. The molecule has 0 saturated heterocycles. The lowest BCUT2D eigenvalue weighted by molar-refractivity contribution is 0.167. The third-order valence-electron chi connectivity index (χ3n) is 2.38. The normalized spacial score (nSPS) is 11.1. The number of methoxy groups -OCH3 is 1. The Morgan fingerprint density at radius 1 is 1.56 bits per heavy atom. The summed E-state index contributed by atoms with van der Waals surface area (Å²) in [5, 5.41) is 11.3. The molecule has 0 aromatic heterocycles. The van der Waals surface area contributed by atoms with Crippen LogP contribution in [0.25, 0.3) is 0 Å². The van der Waals surface area contributed by atoms with E-state index in [0.717, 1.165) is 11.1 Å². The summed E-state index contributed by atoms with van der Waals surface area (Å²) in [4.78, 5) is 11.1. The van der Waals surface area contributed by atoms with Gasteiger partial charge in [-0.1, -0.05) is 24.0 Å². The van der Waals surface area contributed by atoms with Gasteiger partial charge in [0.2, 0.25) is 0 Å². The summed E-state index contributed by atoms with van der Waals surface area (Å²) in [6.07, 6.45) is -0.000488. The summed E-state index contributed by atoms with van der Waals surface area (Å²) in [6.45, 7) is 1.93. The van der Waals surface area contributed by atoms with E-state index in [2.05, 4.69) is 21.9 Å². The zero-order valence-corrected chi connectivity index (χ0v) is 10.6. The summed E-state index contributed by atoms with van der Waals surface area (Å²) in [6, 6.07) is 7.45. The number of amides is 1. The van der Waals surface area contributed by atoms with Gasteiger partial charge < -0.3 is 15.2 Å². The van der Waals surface area contributed by atoms with Crippen LogP contribution in [0.4, 0.5) is 4.79 Å². The van der Waals surface area contributed by atoms with Gasteiger partial charge in [-0.25, -0.2) is 4.79 Å². The highest BCUT2D eigenvalue weighted by molar-refractivity contribution is 5.67. The van der Waals surface area contributed by atoms with Crippen LogP contribution in [0, 0.1) is 11.8 Å². The minimum absolute atomic E-state index is 0.0625. The predicted molar refractivity (Wildman–Crippen MR) is 69.0 cm³/mol. The van der Waals surface area contributed by atoms with E-state index < -0.39 is 6.09 Å². The number of hydrogen-bond acceptors (Lipinski definition) is 3. The maximum atomic E-state index is 11.1. The Bertz CT molecular complexity index is 460. The fourth-order valence-electron chi connectivity index (χ4n) is 1.43. The first-order chi connectivity index (χ1) is 8.67. The first-order valence-corrected chi connectivity index (χ1v) is 5.71. The Morgan fingerprint density at radius 3 is 3.00 bits per heavy atom. The Morgan fingerprint density at radius 2 is 2.33 bits per heavy atom. The summed E-state index contributed by atoms with van der Waals surface area (Å²) in [5.41, 5.74) is 1.82. The number of aliphatic hydroxyl groups excluding tert-OH is 1. The third-order valence-corrected chi connectivity index (χ3v) is 2.38. The number of carbonyl (C=O) groups excluding carboxylic acids is 1. The first kappa shape index (κ1) is 14.1. The van der Waals surface area contributed by atoms with E-state index in [9.17, 15) is 4.79 Å². The quantitative estimate of drug-likeness (QED) is 0.801. The number of benzene rings is 1. The van der Waals surface area contributed by atoms with Crippen LogP contribution in [0.1, 0.15) is 30.5 Å². The molecule has 1 aromatic rings. The highest BCUT2D eigenvalue weighted by Gasteiger charge is 2.08. The lowest BCUT2D eigenvalue weighted by Gasteiger charge is -2.13. The largest absolute Gasteiger partial charge is 0.453 e. The standard InChI is InChI=1S/C14H17NO3/c1-11(15-14(17)18-2)13-8-5-7-12(10-13)6-3-4-9-16/h5,7-8,10-11,16H,4,9H2,1-2H3,(H,15,17). The molecule has 1 aromatic carbocycles. The van der Waals surface area contributed by atoms with E-state index in [-0.39, 0.29) is 12.6 Å². The Balaban J connectivity index is 2.76. The molecule has 0 aliphatic heterocycles. The van der Waals surface area contributed by atoms with E-state index in [1.807, 2.05) is 31.2 Å². The Hall–Kier alpha value is -1.99. The molecule has 4 nitrogen and oxygen atoms in total. The Kier molecular flexibility index (Phi) is 5.75. The number of carbonyl (C=O) groups is 1. The average molecular weight is 247 g/mol. The van der Waals surface area contributed by atoms with Gasteiger partial charge in [0.25, 0.3) is 0 Å². The van der Waals surface area contributed by atoms with Gasteiger partial charge >= 0.3 is 6.09 Å². The number of rotatable bonds is 3. The maximum absolute atomic E-state index is 11.1. The highest BCUT2D eigenvalue weighted by atomic mass is 16.5. The van der Waals surface area contributed by atoms with Crippen LogP contribution in [0.5, 0.6) is 0 Å². The van der Waals surface area contributed by atoms with Crippen LogP contribution in [0.2, 0.25) is 0 Å². The second-order valence-corrected chi connectivity index (χ2v) is 3.76.